The molecule has 0 fully saturated rings. The predicted octanol–water partition coefficient (Wildman–Crippen LogP) is 3.55. The molecule has 1 atom stereocenters. The molecule has 1 aromatic heterocycles. The molecule has 6 heteroatoms. The van der Waals surface area contributed by atoms with E-state index in [-0.39, 0.29) is 17.1 Å². The van der Waals surface area contributed by atoms with Crippen LogP contribution in [0.1, 0.15) is 42.1 Å². The number of benzene rings is 1. The fourth-order valence-electron chi connectivity index (χ4n) is 3.06. The van der Waals surface area contributed by atoms with Gasteiger partial charge in [0.1, 0.15) is 0 Å². The van der Waals surface area contributed by atoms with Crippen molar-refractivity contribution in [3.63, 3.8) is 0 Å². The molecule has 5 nitrogen and oxygen atoms in total. The van der Waals surface area contributed by atoms with E-state index >= 15 is 0 Å². The number of hydrogen-bond acceptors (Lipinski definition) is 4. The molecular weight excluding hydrogens is 348 g/mol. The molecular formula is C20H19ClN4O. The van der Waals surface area contributed by atoms with Crippen molar-refractivity contribution in [1.82, 2.24) is 14.9 Å². The zero-order valence-electron chi connectivity index (χ0n) is 15.1. The highest BCUT2D eigenvalue weighted by molar-refractivity contribution is 6.28. The molecule has 3 rings (SSSR count). The van der Waals surface area contributed by atoms with Crippen molar-refractivity contribution in [2.24, 2.45) is 0 Å². The second kappa shape index (κ2) is 6.54. The number of rotatable bonds is 3. The largest absolute Gasteiger partial charge is 0.345 e. The van der Waals surface area contributed by atoms with Gasteiger partial charge in [0.25, 0.3) is 0 Å². The van der Waals surface area contributed by atoms with E-state index < -0.39 is 5.41 Å². The first-order chi connectivity index (χ1) is 12.2. The molecule has 0 spiro atoms. The van der Waals surface area contributed by atoms with Crippen LogP contribution >= 0.6 is 11.6 Å². The topological polar surface area (TPSA) is 69.9 Å². The number of carbonyl (C=O) groups excluding carboxylic acids is 1. The zero-order chi connectivity index (χ0) is 19.1. The first kappa shape index (κ1) is 18.1. The van der Waals surface area contributed by atoms with Gasteiger partial charge in [0.2, 0.25) is 11.2 Å². The maximum Gasteiger partial charge on any atom is 0.250 e. The number of fused-ring (bicyclic) bond motifs is 1. The Balaban J connectivity index is 2.09. The summed E-state index contributed by atoms with van der Waals surface area (Å²) < 4.78 is 0. The van der Waals surface area contributed by atoms with Crippen LogP contribution < -0.4 is 0 Å². The van der Waals surface area contributed by atoms with E-state index in [1.807, 2.05) is 44.2 Å². The lowest BCUT2D eigenvalue weighted by Gasteiger charge is -2.21. The smallest absolute Gasteiger partial charge is 0.250 e. The van der Waals surface area contributed by atoms with E-state index in [1.54, 1.807) is 25.2 Å². The van der Waals surface area contributed by atoms with Gasteiger partial charge in [-0.15, -0.1) is 0 Å². The highest BCUT2D eigenvalue weighted by Crippen LogP contribution is 2.41. The second-order valence-electron chi connectivity index (χ2n) is 7.07. The number of likely N-dealkylation sites (N-methyl/N-ethyl adjacent to an activating group) is 1. The van der Waals surface area contributed by atoms with Gasteiger partial charge in [-0.05, 0) is 42.7 Å². The summed E-state index contributed by atoms with van der Waals surface area (Å²) in [5.74, 6) is -0.384. The number of amides is 1. The Morgan fingerprint density at radius 2 is 1.92 bits per heavy atom. The lowest BCUT2D eigenvalue weighted by Crippen LogP contribution is -2.25. The van der Waals surface area contributed by atoms with Gasteiger partial charge in [-0.25, -0.2) is 9.97 Å². The van der Waals surface area contributed by atoms with Crippen LogP contribution in [0, 0.1) is 11.3 Å². The number of carbonyl (C=O) groups is 1. The molecule has 0 N–H and O–H groups in total. The highest BCUT2D eigenvalue weighted by Gasteiger charge is 2.34. The van der Waals surface area contributed by atoms with Crippen LogP contribution in [-0.2, 0) is 10.2 Å². The van der Waals surface area contributed by atoms with Crippen LogP contribution in [0.15, 0.2) is 36.0 Å². The van der Waals surface area contributed by atoms with Gasteiger partial charge in [0, 0.05) is 31.4 Å². The SMILES string of the molecule is CN(C)C(=O)C1=Cc2cnc(Cl)nc2C1c1ccc(C(C)(C)C#N)cc1. The summed E-state index contributed by atoms with van der Waals surface area (Å²) in [6, 6.07) is 10.0. The van der Waals surface area contributed by atoms with Gasteiger partial charge in [-0.2, -0.15) is 5.26 Å². The highest BCUT2D eigenvalue weighted by atomic mass is 35.5. The van der Waals surface area contributed by atoms with Gasteiger partial charge < -0.3 is 4.90 Å². The van der Waals surface area contributed by atoms with Crippen molar-refractivity contribution in [2.45, 2.75) is 25.2 Å². The lowest BCUT2D eigenvalue weighted by molar-refractivity contribution is -0.124. The Kier molecular flexibility index (Phi) is 4.55. The molecule has 1 aliphatic carbocycles. The molecule has 1 aliphatic rings. The van der Waals surface area contributed by atoms with Gasteiger partial charge in [0.05, 0.1) is 23.1 Å². The average molecular weight is 367 g/mol. The van der Waals surface area contributed by atoms with Crippen LogP contribution in [0.4, 0.5) is 0 Å². The quantitative estimate of drug-likeness (QED) is 0.779. The maximum absolute atomic E-state index is 12.7. The Bertz CT molecular complexity index is 939. The molecule has 132 valence electrons. The first-order valence-electron chi connectivity index (χ1n) is 8.22. The van der Waals surface area contributed by atoms with Crippen molar-refractivity contribution < 1.29 is 4.79 Å². The fraction of sp³-hybridized carbons (Fsp3) is 0.300. The lowest BCUT2D eigenvalue weighted by atomic mass is 9.84. The Hall–Kier alpha value is -2.71. The summed E-state index contributed by atoms with van der Waals surface area (Å²) in [7, 11) is 3.45. The normalized spacial score (nSPS) is 15.8. The van der Waals surface area contributed by atoms with Crippen molar-refractivity contribution >= 4 is 23.6 Å². The second-order valence-corrected chi connectivity index (χ2v) is 7.41. The van der Waals surface area contributed by atoms with Crippen LogP contribution in [0.5, 0.6) is 0 Å². The molecule has 0 saturated carbocycles. The molecule has 26 heavy (non-hydrogen) atoms. The summed E-state index contributed by atoms with van der Waals surface area (Å²) in [6.45, 7) is 3.75. The van der Waals surface area contributed by atoms with Gasteiger partial charge in [-0.3, -0.25) is 4.79 Å². The Morgan fingerprint density at radius 1 is 1.27 bits per heavy atom. The van der Waals surface area contributed by atoms with E-state index in [0.29, 0.717) is 5.57 Å². The molecule has 1 amide bonds. The third-order valence-electron chi connectivity index (χ3n) is 4.61. The number of aromatic nitrogens is 2. The zero-order valence-corrected chi connectivity index (χ0v) is 15.9. The number of nitriles is 1. The minimum Gasteiger partial charge on any atom is -0.345 e. The molecule has 1 unspecified atom stereocenters. The third-order valence-corrected chi connectivity index (χ3v) is 4.79. The molecule has 0 radical (unpaired) electrons. The summed E-state index contributed by atoms with van der Waals surface area (Å²) >= 11 is 5.99. The van der Waals surface area contributed by atoms with Gasteiger partial charge in [0.15, 0.2) is 0 Å². The Morgan fingerprint density at radius 3 is 2.50 bits per heavy atom. The minimum atomic E-state index is -0.574. The summed E-state index contributed by atoms with van der Waals surface area (Å²) in [5, 5.41) is 9.48. The van der Waals surface area contributed by atoms with Crippen molar-refractivity contribution in [1.29, 1.82) is 5.26 Å². The maximum atomic E-state index is 12.7. The summed E-state index contributed by atoms with van der Waals surface area (Å²) in [5.41, 5.74) is 3.43. The van der Waals surface area contributed by atoms with Crippen molar-refractivity contribution in [3.05, 3.63) is 63.7 Å². The van der Waals surface area contributed by atoms with Crippen LogP contribution in [0.25, 0.3) is 6.08 Å². The first-order valence-corrected chi connectivity index (χ1v) is 8.60. The van der Waals surface area contributed by atoms with E-state index in [0.717, 1.165) is 22.4 Å². The summed E-state index contributed by atoms with van der Waals surface area (Å²) in [4.78, 5) is 22.6. The molecule has 1 heterocycles. The molecule has 0 aliphatic heterocycles. The molecule has 0 bridgehead atoms. The Labute approximate surface area is 157 Å². The number of hydrogen-bond donors (Lipinski definition) is 0. The van der Waals surface area contributed by atoms with Crippen LogP contribution in [0.3, 0.4) is 0 Å². The number of halogens is 1. The van der Waals surface area contributed by atoms with E-state index in [2.05, 4.69) is 16.0 Å². The minimum absolute atomic E-state index is 0.0782. The molecule has 1 aromatic carbocycles. The van der Waals surface area contributed by atoms with Gasteiger partial charge in [-0.1, -0.05) is 24.3 Å². The van der Waals surface area contributed by atoms with Crippen LogP contribution in [0.2, 0.25) is 5.28 Å². The molecule has 2 aromatic rings. The summed E-state index contributed by atoms with van der Waals surface area (Å²) in [6.07, 6.45) is 3.46. The van der Waals surface area contributed by atoms with Crippen molar-refractivity contribution in [2.75, 3.05) is 14.1 Å². The average Bonchev–Trinajstić information content (AvgIpc) is 2.99. The monoisotopic (exact) mass is 366 g/mol. The van der Waals surface area contributed by atoms with Crippen LogP contribution in [-0.4, -0.2) is 34.9 Å². The van der Waals surface area contributed by atoms with E-state index in [1.165, 1.54) is 0 Å². The fourth-order valence-corrected chi connectivity index (χ4v) is 3.20. The predicted molar refractivity (Wildman–Crippen MR) is 101 cm³/mol. The third kappa shape index (κ3) is 3.09. The molecule has 0 saturated heterocycles. The van der Waals surface area contributed by atoms with E-state index in [4.69, 9.17) is 11.6 Å². The van der Waals surface area contributed by atoms with Crippen molar-refractivity contribution in [3.8, 4) is 6.07 Å². The van der Waals surface area contributed by atoms with Gasteiger partial charge >= 0.3 is 0 Å². The van der Waals surface area contributed by atoms with E-state index in [9.17, 15) is 10.1 Å². The standard InChI is InChI=1S/C20H19ClN4O/c1-20(2,11-22)14-7-5-12(6-8-14)16-15(18(26)25(3)4)9-13-10-23-19(21)24-17(13)16/h5-10,16H,1-4H3. The number of nitrogens with zero attached hydrogens (tertiary/aromatic N) is 4.